The molecule has 0 atom stereocenters. The molecule has 164 valence electrons. The molecule has 1 N–H and O–H groups in total. The maximum absolute atomic E-state index is 13.0. The van der Waals surface area contributed by atoms with Gasteiger partial charge in [-0.05, 0) is 42.8 Å². The second-order valence-electron chi connectivity index (χ2n) is 6.42. The van der Waals surface area contributed by atoms with E-state index in [9.17, 15) is 26.4 Å². The smallest absolute Gasteiger partial charge is 0.417 e. The van der Waals surface area contributed by atoms with Gasteiger partial charge in [0.05, 0.1) is 28.6 Å². The maximum atomic E-state index is 13.0. The average Bonchev–Trinajstić information content (AvgIpc) is 2.64. The minimum Gasteiger partial charge on any atom is -0.492 e. The van der Waals surface area contributed by atoms with Crippen molar-refractivity contribution < 1.29 is 31.1 Å². The third-order valence-electron chi connectivity index (χ3n) is 4.00. The van der Waals surface area contributed by atoms with Crippen molar-refractivity contribution in [3.8, 4) is 5.75 Å². The fraction of sp³-hybridized carbons (Fsp3) is 0.316. The highest BCUT2D eigenvalue weighted by Gasteiger charge is 2.35. The predicted molar refractivity (Wildman–Crippen MR) is 106 cm³/mol. The fourth-order valence-corrected chi connectivity index (χ4v) is 3.85. The summed E-state index contributed by atoms with van der Waals surface area (Å²) in [6.45, 7) is 1.62. The summed E-state index contributed by atoms with van der Waals surface area (Å²) in [5.41, 5.74) is -0.254. The van der Waals surface area contributed by atoms with E-state index >= 15 is 0 Å². The topological polar surface area (TPSA) is 75.7 Å². The Morgan fingerprint density at radius 1 is 1.20 bits per heavy atom. The Labute approximate surface area is 177 Å². The van der Waals surface area contributed by atoms with Crippen LogP contribution in [0.2, 0.25) is 5.02 Å². The summed E-state index contributed by atoms with van der Waals surface area (Å²) in [7, 11) is -3.23. The number of hydrogen-bond acceptors (Lipinski definition) is 4. The number of likely N-dealkylation sites (N-methyl/N-ethyl adjacent to an activating group) is 1. The first kappa shape index (κ1) is 24.0. The van der Waals surface area contributed by atoms with Crippen molar-refractivity contribution >= 4 is 27.5 Å². The molecule has 0 bridgehead atoms. The van der Waals surface area contributed by atoms with Gasteiger partial charge in [-0.1, -0.05) is 23.7 Å². The molecule has 0 radical (unpaired) electrons. The van der Waals surface area contributed by atoms with Crippen LogP contribution in [-0.2, 0) is 21.0 Å². The molecular formula is C19H20ClF3N2O4S. The number of nitrogens with zero attached hydrogens (tertiary/aromatic N) is 1. The molecule has 0 heterocycles. The van der Waals surface area contributed by atoms with Gasteiger partial charge < -0.3 is 10.1 Å². The first-order valence-corrected chi connectivity index (χ1v) is 10.5. The molecule has 2 aromatic rings. The second kappa shape index (κ2) is 9.67. The highest BCUT2D eigenvalue weighted by molar-refractivity contribution is 7.89. The highest BCUT2D eigenvalue weighted by atomic mass is 35.5. The Morgan fingerprint density at radius 3 is 2.53 bits per heavy atom. The van der Waals surface area contributed by atoms with Crippen molar-refractivity contribution in [1.29, 1.82) is 0 Å². The monoisotopic (exact) mass is 464 g/mol. The zero-order chi connectivity index (χ0) is 22.5. The molecule has 30 heavy (non-hydrogen) atoms. The van der Waals surface area contributed by atoms with E-state index in [0.29, 0.717) is 16.1 Å². The van der Waals surface area contributed by atoms with Gasteiger partial charge >= 0.3 is 6.18 Å². The summed E-state index contributed by atoms with van der Waals surface area (Å²) in [5, 5.41) is 1.88. The van der Waals surface area contributed by atoms with Gasteiger partial charge in [0.2, 0.25) is 15.9 Å². The van der Waals surface area contributed by atoms with Crippen LogP contribution in [0.5, 0.6) is 5.75 Å². The Hall–Kier alpha value is -2.30. The van der Waals surface area contributed by atoms with Gasteiger partial charge in [0.25, 0.3) is 0 Å². The SMILES string of the molecule is Cc1cccc(OCCNC(=O)CN(C)S(=O)(=O)c2ccc(Cl)c(C(F)(F)F)c2)c1. The first-order chi connectivity index (χ1) is 13.9. The quantitative estimate of drug-likeness (QED) is 0.607. The molecule has 0 unspecified atom stereocenters. The minimum absolute atomic E-state index is 0.125. The van der Waals surface area contributed by atoms with E-state index in [4.69, 9.17) is 16.3 Å². The lowest BCUT2D eigenvalue weighted by atomic mass is 10.2. The fourth-order valence-electron chi connectivity index (χ4n) is 2.47. The van der Waals surface area contributed by atoms with Gasteiger partial charge in [-0.2, -0.15) is 17.5 Å². The molecule has 1 amide bonds. The predicted octanol–water partition coefficient (Wildman–Crippen LogP) is 3.48. The van der Waals surface area contributed by atoms with Crippen molar-refractivity contribution in [3.05, 3.63) is 58.6 Å². The number of halogens is 4. The van der Waals surface area contributed by atoms with Crippen molar-refractivity contribution in [2.75, 3.05) is 26.7 Å². The third kappa shape index (κ3) is 6.35. The number of rotatable bonds is 8. The van der Waals surface area contributed by atoms with Crippen LogP contribution in [0.15, 0.2) is 47.4 Å². The standard InChI is InChI=1S/C19H20ClF3N2O4S/c1-13-4-3-5-14(10-13)29-9-8-24-18(26)12-25(2)30(27,28)15-6-7-17(20)16(11-15)19(21,22)23/h3-7,10-11H,8-9,12H2,1-2H3,(H,24,26). The van der Waals surface area contributed by atoms with Crippen molar-refractivity contribution in [2.45, 2.75) is 18.0 Å². The van der Waals surface area contributed by atoms with Gasteiger partial charge in [0, 0.05) is 7.05 Å². The lowest BCUT2D eigenvalue weighted by Gasteiger charge is -2.18. The van der Waals surface area contributed by atoms with Crippen molar-refractivity contribution in [2.24, 2.45) is 0 Å². The van der Waals surface area contributed by atoms with Crippen LogP contribution >= 0.6 is 11.6 Å². The number of sulfonamides is 1. The molecule has 0 aliphatic rings. The van der Waals surface area contributed by atoms with Gasteiger partial charge in [-0.25, -0.2) is 8.42 Å². The largest absolute Gasteiger partial charge is 0.492 e. The van der Waals surface area contributed by atoms with Crippen LogP contribution in [0.4, 0.5) is 13.2 Å². The summed E-state index contributed by atoms with van der Waals surface area (Å²) in [6, 6.07) is 9.57. The highest BCUT2D eigenvalue weighted by Crippen LogP contribution is 2.36. The summed E-state index contributed by atoms with van der Waals surface area (Å²) >= 11 is 5.51. The van der Waals surface area contributed by atoms with Crippen molar-refractivity contribution in [3.63, 3.8) is 0 Å². The van der Waals surface area contributed by atoms with Crippen LogP contribution in [-0.4, -0.2) is 45.4 Å². The van der Waals surface area contributed by atoms with E-state index in [1.807, 2.05) is 25.1 Å². The Kier molecular flexibility index (Phi) is 7.73. The van der Waals surface area contributed by atoms with E-state index < -0.39 is 44.1 Å². The minimum atomic E-state index is -4.81. The number of benzene rings is 2. The molecule has 2 rings (SSSR count). The summed E-state index contributed by atoms with van der Waals surface area (Å²) in [4.78, 5) is 11.4. The molecule has 0 spiro atoms. The Bertz CT molecular complexity index is 1010. The molecular weight excluding hydrogens is 445 g/mol. The zero-order valence-electron chi connectivity index (χ0n) is 16.2. The van der Waals surface area contributed by atoms with Gasteiger partial charge in [0.1, 0.15) is 12.4 Å². The van der Waals surface area contributed by atoms with Gasteiger partial charge in [0.15, 0.2) is 0 Å². The number of ether oxygens (including phenoxy) is 1. The molecule has 0 aliphatic heterocycles. The third-order valence-corrected chi connectivity index (χ3v) is 6.13. The lowest BCUT2D eigenvalue weighted by Crippen LogP contribution is -2.39. The summed E-state index contributed by atoms with van der Waals surface area (Å²) < 4.78 is 70.1. The molecule has 0 fully saturated rings. The molecule has 11 heteroatoms. The molecule has 0 aliphatic carbocycles. The van der Waals surface area contributed by atoms with E-state index in [1.54, 1.807) is 6.07 Å². The van der Waals surface area contributed by atoms with Crippen LogP contribution in [0.1, 0.15) is 11.1 Å². The molecule has 2 aromatic carbocycles. The number of hydrogen-bond donors (Lipinski definition) is 1. The van der Waals surface area contributed by atoms with Crippen LogP contribution in [0.3, 0.4) is 0 Å². The lowest BCUT2D eigenvalue weighted by molar-refractivity contribution is -0.137. The maximum Gasteiger partial charge on any atom is 0.417 e. The number of amides is 1. The van der Waals surface area contributed by atoms with Crippen LogP contribution in [0, 0.1) is 6.92 Å². The molecule has 6 nitrogen and oxygen atoms in total. The first-order valence-electron chi connectivity index (χ1n) is 8.70. The zero-order valence-corrected chi connectivity index (χ0v) is 17.7. The molecule has 0 saturated carbocycles. The normalized spacial score (nSPS) is 12.1. The second-order valence-corrected chi connectivity index (χ2v) is 8.87. The number of alkyl halides is 3. The Morgan fingerprint density at radius 2 is 1.90 bits per heavy atom. The number of nitrogens with one attached hydrogen (secondary N) is 1. The van der Waals surface area contributed by atoms with E-state index in [0.717, 1.165) is 24.7 Å². The van der Waals surface area contributed by atoms with Gasteiger partial charge in [-0.15, -0.1) is 0 Å². The summed E-state index contributed by atoms with van der Waals surface area (Å²) in [5.74, 6) is 0.00563. The van der Waals surface area contributed by atoms with Crippen LogP contribution < -0.4 is 10.1 Å². The van der Waals surface area contributed by atoms with E-state index in [1.165, 1.54) is 0 Å². The summed E-state index contributed by atoms with van der Waals surface area (Å²) in [6.07, 6.45) is -4.81. The number of carbonyl (C=O) groups is 1. The molecule has 0 saturated heterocycles. The van der Waals surface area contributed by atoms with Crippen LogP contribution in [0.25, 0.3) is 0 Å². The van der Waals surface area contributed by atoms with Crippen molar-refractivity contribution in [1.82, 2.24) is 9.62 Å². The molecule has 0 aromatic heterocycles. The van der Waals surface area contributed by atoms with E-state index in [-0.39, 0.29) is 13.2 Å². The average molecular weight is 465 g/mol. The number of carbonyl (C=O) groups excluding carboxylic acids is 1. The number of aryl methyl sites for hydroxylation is 1. The van der Waals surface area contributed by atoms with E-state index in [2.05, 4.69) is 5.32 Å². The Balaban J connectivity index is 1.94. The van der Waals surface area contributed by atoms with Gasteiger partial charge in [-0.3, -0.25) is 4.79 Å².